The SMILES string of the molecule is O=[N+]([O-])c1ccc(COCOP(=O)(NCCCl)NCCCl)o1. The summed E-state index contributed by atoms with van der Waals surface area (Å²) in [6, 6.07) is 2.63. The van der Waals surface area contributed by atoms with Crippen LogP contribution < -0.4 is 10.2 Å². The summed E-state index contributed by atoms with van der Waals surface area (Å²) in [5.41, 5.74) is 0. The molecule has 1 heterocycles. The van der Waals surface area contributed by atoms with Gasteiger partial charge in [-0.1, -0.05) is 0 Å². The topological polar surface area (TPSA) is 116 Å². The van der Waals surface area contributed by atoms with E-state index in [1.807, 2.05) is 0 Å². The Hall–Kier alpha value is -0.670. The fourth-order valence-electron chi connectivity index (χ4n) is 1.32. The minimum atomic E-state index is -3.32. The summed E-state index contributed by atoms with van der Waals surface area (Å²) in [5, 5.41) is 15.7. The van der Waals surface area contributed by atoms with Crippen LogP contribution in [0.4, 0.5) is 5.88 Å². The van der Waals surface area contributed by atoms with Gasteiger partial charge in [0.1, 0.15) is 17.3 Å². The Morgan fingerprint density at radius 2 is 1.91 bits per heavy atom. The van der Waals surface area contributed by atoms with Crippen LogP contribution in [-0.4, -0.2) is 36.6 Å². The Kier molecular flexibility index (Phi) is 8.96. The van der Waals surface area contributed by atoms with Crippen molar-refractivity contribution in [3.8, 4) is 0 Å². The van der Waals surface area contributed by atoms with E-state index in [1.54, 1.807) is 0 Å². The summed E-state index contributed by atoms with van der Waals surface area (Å²) in [4.78, 5) is 9.80. The third-order valence-corrected chi connectivity index (χ3v) is 4.35. The number of alkyl halides is 2. The van der Waals surface area contributed by atoms with Gasteiger partial charge in [-0.3, -0.25) is 19.2 Å². The Bertz CT molecular complexity index is 503. The van der Waals surface area contributed by atoms with Crippen molar-refractivity contribution >= 4 is 36.8 Å². The lowest BCUT2D eigenvalue weighted by molar-refractivity contribution is -0.402. The highest BCUT2D eigenvalue weighted by Gasteiger charge is 2.21. The molecule has 22 heavy (non-hydrogen) atoms. The van der Waals surface area contributed by atoms with Crippen LogP contribution in [0, 0.1) is 10.1 Å². The molecular formula is C10H16Cl2N3O6P. The number of hydrogen-bond acceptors (Lipinski definition) is 6. The van der Waals surface area contributed by atoms with Crippen LogP contribution in [0.15, 0.2) is 16.5 Å². The second-order valence-electron chi connectivity index (χ2n) is 3.84. The molecule has 0 aliphatic rings. The Labute approximate surface area is 136 Å². The highest BCUT2D eigenvalue weighted by molar-refractivity contribution is 7.54. The van der Waals surface area contributed by atoms with Gasteiger partial charge in [-0.15, -0.1) is 23.2 Å². The Balaban J connectivity index is 2.37. The van der Waals surface area contributed by atoms with Gasteiger partial charge < -0.3 is 9.15 Å². The maximum Gasteiger partial charge on any atom is 0.433 e. The van der Waals surface area contributed by atoms with Crippen LogP contribution >= 0.6 is 30.9 Å². The number of ether oxygens (including phenoxy) is 1. The standard InChI is InChI=1S/C10H16Cl2N3O6P/c11-3-5-13-22(18,14-6-4-12)20-8-19-7-9-1-2-10(21-9)15(16)17/h1-2H,3-8H2,(H2,13,14,18). The first-order valence-corrected chi connectivity index (χ1v) is 8.88. The van der Waals surface area contributed by atoms with Gasteiger partial charge >= 0.3 is 13.6 Å². The zero-order valence-corrected chi connectivity index (χ0v) is 13.9. The summed E-state index contributed by atoms with van der Waals surface area (Å²) in [5.74, 6) is 0.393. The van der Waals surface area contributed by atoms with Crippen molar-refractivity contribution < 1.29 is 23.2 Å². The number of hydrogen-bond donors (Lipinski definition) is 2. The molecule has 0 aliphatic carbocycles. The number of rotatable bonds is 12. The molecule has 1 rings (SSSR count). The molecular weight excluding hydrogens is 360 g/mol. The monoisotopic (exact) mass is 375 g/mol. The van der Waals surface area contributed by atoms with E-state index >= 15 is 0 Å². The van der Waals surface area contributed by atoms with E-state index in [1.165, 1.54) is 12.1 Å². The summed E-state index contributed by atoms with van der Waals surface area (Å²) < 4.78 is 27.4. The lowest BCUT2D eigenvalue weighted by Gasteiger charge is -2.19. The van der Waals surface area contributed by atoms with Crippen LogP contribution in [0.2, 0.25) is 0 Å². The Morgan fingerprint density at radius 1 is 1.27 bits per heavy atom. The van der Waals surface area contributed by atoms with Gasteiger partial charge in [-0.25, -0.2) is 10.2 Å². The molecule has 0 fully saturated rings. The average molecular weight is 376 g/mol. The lowest BCUT2D eigenvalue weighted by Crippen LogP contribution is -2.27. The second kappa shape index (κ2) is 10.2. The predicted molar refractivity (Wildman–Crippen MR) is 81.2 cm³/mol. The van der Waals surface area contributed by atoms with E-state index in [0.717, 1.165) is 0 Å². The van der Waals surface area contributed by atoms with Gasteiger partial charge in [-0.05, 0) is 6.07 Å². The quantitative estimate of drug-likeness (QED) is 0.143. The third kappa shape index (κ3) is 7.06. The fraction of sp³-hybridized carbons (Fsp3) is 0.600. The van der Waals surface area contributed by atoms with Gasteiger partial charge in [0, 0.05) is 24.8 Å². The molecule has 0 saturated carbocycles. The molecule has 0 atom stereocenters. The van der Waals surface area contributed by atoms with E-state index in [2.05, 4.69) is 10.2 Å². The molecule has 0 bridgehead atoms. The van der Waals surface area contributed by atoms with E-state index in [-0.39, 0.29) is 49.9 Å². The van der Waals surface area contributed by atoms with Crippen molar-refractivity contribution in [1.29, 1.82) is 0 Å². The van der Waals surface area contributed by atoms with Crippen molar-refractivity contribution in [3.05, 3.63) is 28.0 Å². The molecule has 0 spiro atoms. The van der Waals surface area contributed by atoms with E-state index in [0.29, 0.717) is 0 Å². The van der Waals surface area contributed by atoms with E-state index in [9.17, 15) is 14.7 Å². The summed E-state index contributed by atoms with van der Waals surface area (Å²) in [6.45, 7) is 0.187. The molecule has 0 radical (unpaired) electrons. The van der Waals surface area contributed by atoms with Crippen molar-refractivity contribution in [2.24, 2.45) is 0 Å². The van der Waals surface area contributed by atoms with Crippen LogP contribution in [0.1, 0.15) is 5.76 Å². The maximum absolute atomic E-state index is 12.3. The smallest absolute Gasteiger partial charge is 0.403 e. The van der Waals surface area contributed by atoms with Crippen LogP contribution in [0.25, 0.3) is 0 Å². The number of nitro groups is 1. The van der Waals surface area contributed by atoms with Gasteiger partial charge in [-0.2, -0.15) is 0 Å². The number of nitrogens with one attached hydrogen (secondary N) is 2. The summed E-state index contributed by atoms with van der Waals surface area (Å²) in [6.07, 6.45) is 0. The molecule has 0 saturated heterocycles. The van der Waals surface area contributed by atoms with Crippen LogP contribution in [-0.2, 0) is 20.4 Å². The molecule has 126 valence electrons. The zero-order chi connectivity index (χ0) is 16.4. The molecule has 0 aliphatic heterocycles. The molecule has 2 N–H and O–H groups in total. The fourth-order valence-corrected chi connectivity index (χ4v) is 3.10. The first kappa shape index (κ1) is 19.4. The minimum absolute atomic E-state index is 0.0567. The first-order valence-electron chi connectivity index (χ1n) is 6.18. The summed E-state index contributed by atoms with van der Waals surface area (Å²) in [7, 11) is -3.32. The van der Waals surface area contributed by atoms with Gasteiger partial charge in [0.15, 0.2) is 6.79 Å². The molecule has 0 amide bonds. The largest absolute Gasteiger partial charge is 0.433 e. The highest BCUT2D eigenvalue weighted by atomic mass is 35.5. The molecule has 9 nitrogen and oxygen atoms in total. The number of furan rings is 1. The molecule has 12 heteroatoms. The molecule has 1 aromatic heterocycles. The predicted octanol–water partition coefficient (Wildman–Crippen LogP) is 2.44. The Morgan fingerprint density at radius 3 is 2.41 bits per heavy atom. The molecule has 0 unspecified atom stereocenters. The zero-order valence-electron chi connectivity index (χ0n) is 11.5. The number of halogens is 2. The molecule has 1 aromatic rings. The number of nitrogens with zero attached hydrogens (tertiary/aromatic N) is 1. The van der Waals surface area contributed by atoms with E-state index in [4.69, 9.17) is 36.9 Å². The average Bonchev–Trinajstić information content (AvgIpc) is 2.97. The van der Waals surface area contributed by atoms with Crippen molar-refractivity contribution in [2.75, 3.05) is 31.6 Å². The van der Waals surface area contributed by atoms with Gasteiger partial charge in [0.05, 0.1) is 6.07 Å². The van der Waals surface area contributed by atoms with E-state index < -0.39 is 12.6 Å². The molecule has 0 aromatic carbocycles. The summed E-state index contributed by atoms with van der Waals surface area (Å²) >= 11 is 11.0. The second-order valence-corrected chi connectivity index (χ2v) is 6.59. The third-order valence-electron chi connectivity index (χ3n) is 2.22. The normalized spacial score (nSPS) is 11.7. The highest BCUT2D eigenvalue weighted by Crippen LogP contribution is 2.36. The lowest BCUT2D eigenvalue weighted by atomic mass is 10.5. The van der Waals surface area contributed by atoms with Crippen molar-refractivity contribution in [2.45, 2.75) is 6.61 Å². The maximum atomic E-state index is 12.3. The van der Waals surface area contributed by atoms with Crippen molar-refractivity contribution in [1.82, 2.24) is 10.2 Å². The minimum Gasteiger partial charge on any atom is -0.403 e. The first-order chi connectivity index (χ1) is 10.5. The van der Waals surface area contributed by atoms with Gasteiger partial charge in [0.25, 0.3) is 0 Å². The van der Waals surface area contributed by atoms with Crippen LogP contribution in [0.5, 0.6) is 0 Å². The van der Waals surface area contributed by atoms with Crippen LogP contribution in [0.3, 0.4) is 0 Å². The van der Waals surface area contributed by atoms with Gasteiger partial charge in [0.2, 0.25) is 0 Å². The van der Waals surface area contributed by atoms with Crippen molar-refractivity contribution in [3.63, 3.8) is 0 Å².